The smallest absolute Gasteiger partial charge is 0.383 e. The number of rotatable bonds is 4. The number of aromatic nitrogens is 3. The number of hydrogen-bond acceptors (Lipinski definition) is 4. The van der Waals surface area contributed by atoms with Crippen molar-refractivity contribution >= 4 is 0 Å². The summed E-state index contributed by atoms with van der Waals surface area (Å²) in [5.74, 6) is 1.11. The Balaban J connectivity index is 1.56. The lowest BCUT2D eigenvalue weighted by Crippen LogP contribution is -2.43. The Morgan fingerprint density at radius 3 is 2.36 bits per heavy atom. The topological polar surface area (TPSA) is 54.2 Å². The molecular weight excluding hydrogens is 297 g/mol. The van der Waals surface area contributed by atoms with Gasteiger partial charge in [0.25, 0.3) is 0 Å². The monoisotopic (exact) mass is 318 g/mol. The molecule has 2 heterocycles. The van der Waals surface area contributed by atoms with Crippen molar-refractivity contribution in [1.82, 2.24) is 19.7 Å². The molecule has 1 aliphatic heterocycles. The summed E-state index contributed by atoms with van der Waals surface area (Å²) in [7, 11) is 0. The Hall–Kier alpha value is -1.15. The first-order valence-electron chi connectivity index (χ1n) is 7.74. The fourth-order valence-electron chi connectivity index (χ4n) is 3.22. The predicted octanol–water partition coefficient (Wildman–Crippen LogP) is 2.06. The van der Waals surface area contributed by atoms with Crippen LogP contribution in [0.15, 0.2) is 0 Å². The molecule has 5 nitrogen and oxygen atoms in total. The summed E-state index contributed by atoms with van der Waals surface area (Å²) in [6.07, 6.45) is -3.71. The second-order valence-electron chi connectivity index (χ2n) is 6.36. The third kappa shape index (κ3) is 3.27. The van der Waals surface area contributed by atoms with Crippen molar-refractivity contribution in [3.8, 4) is 0 Å². The number of aliphatic hydroxyl groups excluding tert-OH is 1. The van der Waals surface area contributed by atoms with Gasteiger partial charge in [0.15, 0.2) is 6.10 Å². The minimum absolute atomic E-state index is 0.358. The zero-order chi connectivity index (χ0) is 15.9. The zero-order valence-corrected chi connectivity index (χ0v) is 12.6. The Labute approximate surface area is 127 Å². The molecule has 3 rings (SSSR count). The van der Waals surface area contributed by atoms with Crippen molar-refractivity contribution in [2.45, 2.75) is 57.5 Å². The predicted molar refractivity (Wildman–Crippen MR) is 73.1 cm³/mol. The van der Waals surface area contributed by atoms with Gasteiger partial charge in [0, 0.05) is 6.04 Å². The molecule has 0 radical (unpaired) electrons. The van der Waals surface area contributed by atoms with E-state index in [1.807, 2.05) is 6.92 Å². The fourth-order valence-corrected chi connectivity index (χ4v) is 3.22. The Bertz CT molecular complexity index is 519. The maximum absolute atomic E-state index is 12.5. The molecule has 8 heteroatoms. The fraction of sp³-hybridized carbons (Fsp3) is 0.857. The van der Waals surface area contributed by atoms with Crippen LogP contribution in [0.1, 0.15) is 43.4 Å². The highest BCUT2D eigenvalue weighted by atomic mass is 19.4. The van der Waals surface area contributed by atoms with Crippen LogP contribution in [0.4, 0.5) is 13.2 Å². The number of aryl methyl sites for hydroxylation is 1. The molecule has 1 unspecified atom stereocenters. The molecule has 1 N–H and O–H groups in total. The number of halogens is 3. The SMILES string of the molecule is Cc1nnc(CN2CCC(C(O)C(F)(F)F)CC2)n1C1CC1. The van der Waals surface area contributed by atoms with E-state index in [-0.39, 0.29) is 0 Å². The highest BCUT2D eigenvalue weighted by Gasteiger charge is 2.44. The van der Waals surface area contributed by atoms with Crippen LogP contribution < -0.4 is 0 Å². The summed E-state index contributed by atoms with van der Waals surface area (Å²) in [4.78, 5) is 2.10. The molecule has 0 aromatic carbocycles. The van der Waals surface area contributed by atoms with Crippen molar-refractivity contribution in [2.24, 2.45) is 5.92 Å². The Morgan fingerprint density at radius 2 is 1.82 bits per heavy atom. The maximum Gasteiger partial charge on any atom is 0.414 e. The molecule has 2 fully saturated rings. The van der Waals surface area contributed by atoms with Gasteiger partial charge in [-0.05, 0) is 51.6 Å². The molecule has 0 amide bonds. The quantitative estimate of drug-likeness (QED) is 0.923. The average Bonchev–Trinajstić information content (AvgIpc) is 3.23. The van der Waals surface area contributed by atoms with E-state index in [4.69, 9.17) is 0 Å². The molecule has 1 saturated heterocycles. The van der Waals surface area contributed by atoms with Gasteiger partial charge in [-0.3, -0.25) is 4.90 Å². The summed E-state index contributed by atoms with van der Waals surface area (Å²) >= 11 is 0. The van der Waals surface area contributed by atoms with Crippen LogP contribution in [0.3, 0.4) is 0 Å². The van der Waals surface area contributed by atoms with Gasteiger partial charge in [-0.2, -0.15) is 13.2 Å². The summed E-state index contributed by atoms with van der Waals surface area (Å²) in [5, 5.41) is 17.7. The summed E-state index contributed by atoms with van der Waals surface area (Å²) in [6.45, 7) is 3.65. The van der Waals surface area contributed by atoms with Gasteiger partial charge in [-0.25, -0.2) is 0 Å². The van der Waals surface area contributed by atoms with Crippen molar-refractivity contribution in [1.29, 1.82) is 0 Å². The van der Waals surface area contributed by atoms with E-state index < -0.39 is 18.2 Å². The largest absolute Gasteiger partial charge is 0.414 e. The Morgan fingerprint density at radius 1 is 1.18 bits per heavy atom. The molecular formula is C14H21F3N4O. The van der Waals surface area contributed by atoms with Crippen LogP contribution in [0.2, 0.25) is 0 Å². The van der Waals surface area contributed by atoms with Gasteiger partial charge in [0.2, 0.25) is 0 Å². The van der Waals surface area contributed by atoms with E-state index in [0.717, 1.165) is 24.5 Å². The van der Waals surface area contributed by atoms with Crippen molar-refractivity contribution in [2.75, 3.05) is 13.1 Å². The van der Waals surface area contributed by atoms with E-state index in [1.165, 1.54) is 0 Å². The highest BCUT2D eigenvalue weighted by molar-refractivity contribution is 5.01. The summed E-state index contributed by atoms with van der Waals surface area (Å²) in [6, 6.07) is 0.495. The van der Waals surface area contributed by atoms with Gasteiger partial charge in [-0.1, -0.05) is 0 Å². The van der Waals surface area contributed by atoms with Crippen molar-refractivity contribution in [3.05, 3.63) is 11.6 Å². The maximum atomic E-state index is 12.5. The van der Waals surface area contributed by atoms with Crippen LogP contribution in [-0.4, -0.2) is 50.1 Å². The third-order valence-electron chi connectivity index (χ3n) is 4.63. The van der Waals surface area contributed by atoms with E-state index in [9.17, 15) is 18.3 Å². The Kier molecular flexibility index (Phi) is 4.15. The number of nitrogens with zero attached hydrogens (tertiary/aromatic N) is 4. The van der Waals surface area contributed by atoms with Crippen LogP contribution in [0.25, 0.3) is 0 Å². The lowest BCUT2D eigenvalue weighted by atomic mass is 9.91. The molecule has 1 saturated carbocycles. The third-order valence-corrected chi connectivity index (χ3v) is 4.63. The van der Waals surface area contributed by atoms with Crippen LogP contribution in [0.5, 0.6) is 0 Å². The molecule has 1 aromatic heterocycles. The van der Waals surface area contributed by atoms with Crippen LogP contribution >= 0.6 is 0 Å². The second-order valence-corrected chi connectivity index (χ2v) is 6.36. The summed E-state index contributed by atoms with van der Waals surface area (Å²) < 4.78 is 39.8. The number of hydrogen-bond donors (Lipinski definition) is 1. The van der Waals surface area contributed by atoms with Gasteiger partial charge >= 0.3 is 6.18 Å². The first-order valence-corrected chi connectivity index (χ1v) is 7.74. The molecule has 1 aromatic rings. The van der Waals surface area contributed by atoms with Crippen molar-refractivity contribution < 1.29 is 18.3 Å². The van der Waals surface area contributed by atoms with Crippen molar-refractivity contribution in [3.63, 3.8) is 0 Å². The second kappa shape index (κ2) is 5.81. The molecule has 2 aliphatic rings. The van der Waals surface area contributed by atoms with Gasteiger partial charge in [-0.15, -0.1) is 10.2 Å². The van der Waals surface area contributed by atoms with Gasteiger partial charge < -0.3 is 9.67 Å². The lowest BCUT2D eigenvalue weighted by molar-refractivity contribution is -0.223. The zero-order valence-electron chi connectivity index (χ0n) is 12.6. The molecule has 1 atom stereocenters. The molecule has 124 valence electrons. The normalized spacial score (nSPS) is 23.0. The van der Waals surface area contributed by atoms with Crippen LogP contribution in [0, 0.1) is 12.8 Å². The highest BCUT2D eigenvalue weighted by Crippen LogP contribution is 2.37. The standard InChI is InChI=1S/C14H21F3N4O/c1-9-18-19-12(21(9)11-2-3-11)8-20-6-4-10(5-7-20)13(22)14(15,16)17/h10-11,13,22H,2-8H2,1H3. The van der Waals surface area contributed by atoms with E-state index in [0.29, 0.717) is 38.5 Å². The number of alkyl halides is 3. The van der Waals surface area contributed by atoms with E-state index in [1.54, 1.807) is 0 Å². The number of piperidine rings is 1. The molecule has 1 aliphatic carbocycles. The average molecular weight is 318 g/mol. The van der Waals surface area contributed by atoms with Crippen LogP contribution in [-0.2, 0) is 6.54 Å². The summed E-state index contributed by atoms with van der Waals surface area (Å²) in [5.41, 5.74) is 0. The van der Waals surface area contributed by atoms with Gasteiger partial charge in [0.05, 0.1) is 6.54 Å². The molecule has 0 bridgehead atoms. The number of likely N-dealkylation sites (tertiary alicyclic amines) is 1. The first kappa shape index (κ1) is 15.7. The first-order chi connectivity index (χ1) is 10.4. The lowest BCUT2D eigenvalue weighted by Gasteiger charge is -2.34. The molecule has 0 spiro atoms. The van der Waals surface area contributed by atoms with E-state index >= 15 is 0 Å². The van der Waals surface area contributed by atoms with E-state index in [2.05, 4.69) is 19.7 Å². The van der Waals surface area contributed by atoms with Gasteiger partial charge in [0.1, 0.15) is 11.6 Å². The minimum Gasteiger partial charge on any atom is -0.383 e. The number of aliphatic hydroxyl groups is 1. The molecule has 22 heavy (non-hydrogen) atoms. The minimum atomic E-state index is -4.52.